The van der Waals surface area contributed by atoms with Crippen molar-refractivity contribution in [2.24, 2.45) is 5.41 Å². The SMILES string of the molecule is CC[C@]1(C)C[C@@]2(CCC[NH+](CC#CC[NH+]3CCOCC3)C2)CCO1. The molecule has 4 heteroatoms. The minimum Gasteiger partial charge on any atom is -0.375 e. The Morgan fingerprint density at radius 3 is 2.46 bits per heavy atom. The Morgan fingerprint density at radius 1 is 0.958 bits per heavy atom. The third kappa shape index (κ3) is 4.73. The Hall–Kier alpha value is -0.600. The van der Waals surface area contributed by atoms with Gasteiger partial charge in [-0.1, -0.05) is 6.92 Å². The zero-order valence-corrected chi connectivity index (χ0v) is 15.7. The normalized spacial score (nSPS) is 37.8. The summed E-state index contributed by atoms with van der Waals surface area (Å²) in [7, 11) is 0. The highest BCUT2D eigenvalue weighted by Crippen LogP contribution is 2.43. The topological polar surface area (TPSA) is 27.3 Å². The zero-order chi connectivity index (χ0) is 16.9. The van der Waals surface area contributed by atoms with Gasteiger partial charge >= 0.3 is 0 Å². The van der Waals surface area contributed by atoms with Gasteiger partial charge in [-0.05, 0) is 50.9 Å². The zero-order valence-electron chi connectivity index (χ0n) is 15.7. The predicted molar refractivity (Wildman–Crippen MR) is 95.3 cm³/mol. The number of hydrogen-bond donors (Lipinski definition) is 2. The molecule has 0 saturated carbocycles. The lowest BCUT2D eigenvalue weighted by Gasteiger charge is -2.48. The van der Waals surface area contributed by atoms with Gasteiger partial charge in [0.05, 0.1) is 31.9 Å². The first kappa shape index (κ1) is 18.2. The highest BCUT2D eigenvalue weighted by molar-refractivity contribution is 4.99. The number of ether oxygens (including phenoxy) is 2. The standard InChI is InChI=1S/C20H34N2O2/c1-3-19(2)17-20(8-14-24-19)7-6-11-22(18-20)10-5-4-9-21-12-15-23-16-13-21/h3,6-18H2,1-2H3/p+2/t19-,20-/m1/s1. The molecule has 1 spiro atoms. The average Bonchev–Trinajstić information content (AvgIpc) is 2.60. The van der Waals surface area contributed by atoms with Gasteiger partial charge in [-0.3, -0.25) is 0 Å². The van der Waals surface area contributed by atoms with E-state index < -0.39 is 0 Å². The fourth-order valence-corrected chi connectivity index (χ4v) is 4.82. The van der Waals surface area contributed by atoms with Crippen molar-refractivity contribution >= 4 is 0 Å². The van der Waals surface area contributed by atoms with Crippen LogP contribution in [0.1, 0.15) is 46.0 Å². The lowest BCUT2D eigenvalue weighted by atomic mass is 9.68. The number of piperidine rings is 1. The van der Waals surface area contributed by atoms with Crippen molar-refractivity contribution in [3.05, 3.63) is 0 Å². The number of morpholine rings is 1. The van der Waals surface area contributed by atoms with Crippen molar-refractivity contribution in [1.82, 2.24) is 0 Å². The van der Waals surface area contributed by atoms with Crippen LogP contribution in [0.25, 0.3) is 0 Å². The first-order valence-electron chi connectivity index (χ1n) is 9.98. The molecule has 3 heterocycles. The summed E-state index contributed by atoms with van der Waals surface area (Å²) >= 11 is 0. The number of quaternary nitrogens is 2. The maximum absolute atomic E-state index is 6.09. The van der Waals surface area contributed by atoms with Gasteiger partial charge in [-0.15, -0.1) is 0 Å². The molecule has 3 fully saturated rings. The maximum Gasteiger partial charge on any atom is 0.139 e. The molecule has 0 bridgehead atoms. The number of nitrogens with one attached hydrogen (secondary N) is 2. The van der Waals surface area contributed by atoms with Crippen molar-refractivity contribution < 1.29 is 19.3 Å². The van der Waals surface area contributed by atoms with Gasteiger partial charge in [0.25, 0.3) is 0 Å². The lowest BCUT2D eigenvalue weighted by molar-refractivity contribution is -0.907. The van der Waals surface area contributed by atoms with E-state index >= 15 is 0 Å². The molecule has 136 valence electrons. The summed E-state index contributed by atoms with van der Waals surface area (Å²) in [6.45, 7) is 14.2. The summed E-state index contributed by atoms with van der Waals surface area (Å²) in [6, 6.07) is 0. The summed E-state index contributed by atoms with van der Waals surface area (Å²) in [5.74, 6) is 6.91. The largest absolute Gasteiger partial charge is 0.375 e. The van der Waals surface area contributed by atoms with E-state index in [1.165, 1.54) is 38.8 Å². The van der Waals surface area contributed by atoms with E-state index in [4.69, 9.17) is 9.47 Å². The summed E-state index contributed by atoms with van der Waals surface area (Å²) in [5, 5.41) is 0. The van der Waals surface area contributed by atoms with Gasteiger partial charge in [-0.25, -0.2) is 0 Å². The molecule has 0 amide bonds. The van der Waals surface area contributed by atoms with E-state index in [0.29, 0.717) is 5.41 Å². The van der Waals surface area contributed by atoms with Crippen LogP contribution in [0.2, 0.25) is 0 Å². The van der Waals surface area contributed by atoms with Crippen LogP contribution in [-0.4, -0.2) is 64.7 Å². The second kappa shape index (κ2) is 8.19. The molecule has 0 aliphatic carbocycles. The Labute approximate surface area is 147 Å². The molecule has 0 aromatic heterocycles. The number of hydrogen-bond acceptors (Lipinski definition) is 2. The predicted octanol–water partition coefficient (Wildman–Crippen LogP) is -0.451. The van der Waals surface area contributed by atoms with Crippen LogP contribution in [0.5, 0.6) is 0 Å². The second-order valence-corrected chi connectivity index (χ2v) is 8.43. The van der Waals surface area contributed by atoms with E-state index in [1.807, 2.05) is 0 Å². The molecule has 0 aromatic rings. The van der Waals surface area contributed by atoms with Crippen LogP contribution >= 0.6 is 0 Å². The van der Waals surface area contributed by atoms with Crippen molar-refractivity contribution in [2.75, 3.05) is 59.1 Å². The van der Waals surface area contributed by atoms with Crippen molar-refractivity contribution in [3.63, 3.8) is 0 Å². The fourth-order valence-electron chi connectivity index (χ4n) is 4.82. The molecule has 24 heavy (non-hydrogen) atoms. The van der Waals surface area contributed by atoms with E-state index in [9.17, 15) is 0 Å². The van der Waals surface area contributed by atoms with Gasteiger partial charge in [0.2, 0.25) is 0 Å². The summed E-state index contributed by atoms with van der Waals surface area (Å²) in [4.78, 5) is 3.29. The van der Waals surface area contributed by atoms with Gasteiger partial charge in [0.15, 0.2) is 0 Å². The molecule has 4 nitrogen and oxygen atoms in total. The number of likely N-dealkylation sites (tertiary alicyclic amines) is 1. The molecule has 2 N–H and O–H groups in total. The minimum atomic E-state index is 0.103. The maximum atomic E-state index is 6.09. The Balaban J connectivity index is 1.49. The van der Waals surface area contributed by atoms with Crippen molar-refractivity contribution in [3.8, 4) is 11.8 Å². The molecule has 3 rings (SSSR count). The van der Waals surface area contributed by atoms with E-state index in [0.717, 1.165) is 52.4 Å². The minimum absolute atomic E-state index is 0.103. The van der Waals surface area contributed by atoms with Gasteiger partial charge < -0.3 is 19.3 Å². The quantitative estimate of drug-likeness (QED) is 0.683. The fraction of sp³-hybridized carbons (Fsp3) is 0.900. The average molecular weight is 337 g/mol. The van der Waals surface area contributed by atoms with Crippen molar-refractivity contribution in [1.29, 1.82) is 0 Å². The highest BCUT2D eigenvalue weighted by Gasteiger charge is 2.46. The van der Waals surface area contributed by atoms with Gasteiger partial charge in [0.1, 0.15) is 26.2 Å². The molecular weight excluding hydrogens is 300 g/mol. The summed E-state index contributed by atoms with van der Waals surface area (Å²) < 4.78 is 11.5. The Kier molecular flexibility index (Phi) is 6.21. The van der Waals surface area contributed by atoms with Crippen LogP contribution in [0.3, 0.4) is 0 Å². The number of rotatable bonds is 3. The van der Waals surface area contributed by atoms with Crippen LogP contribution in [-0.2, 0) is 9.47 Å². The summed E-state index contributed by atoms with van der Waals surface area (Å²) in [5.41, 5.74) is 0.611. The Bertz CT molecular complexity index is 462. The molecule has 1 unspecified atom stereocenters. The second-order valence-electron chi connectivity index (χ2n) is 8.43. The van der Waals surface area contributed by atoms with Crippen molar-refractivity contribution in [2.45, 2.75) is 51.6 Å². The smallest absolute Gasteiger partial charge is 0.139 e. The van der Waals surface area contributed by atoms with E-state index in [1.54, 1.807) is 9.80 Å². The Morgan fingerprint density at radius 2 is 1.71 bits per heavy atom. The molecule has 3 saturated heterocycles. The monoisotopic (exact) mass is 336 g/mol. The van der Waals surface area contributed by atoms with Crippen LogP contribution in [0.4, 0.5) is 0 Å². The molecule has 0 aromatic carbocycles. The highest BCUT2D eigenvalue weighted by atomic mass is 16.5. The third-order valence-corrected chi connectivity index (χ3v) is 6.44. The van der Waals surface area contributed by atoms with E-state index in [2.05, 4.69) is 25.7 Å². The molecule has 3 aliphatic heterocycles. The lowest BCUT2D eigenvalue weighted by Crippen LogP contribution is -3.14. The van der Waals surface area contributed by atoms with Gasteiger partial charge in [-0.2, -0.15) is 0 Å². The van der Waals surface area contributed by atoms with Crippen LogP contribution in [0, 0.1) is 17.3 Å². The molecule has 3 aliphatic rings. The van der Waals surface area contributed by atoms with E-state index in [-0.39, 0.29) is 5.60 Å². The first-order valence-corrected chi connectivity index (χ1v) is 9.98. The first-order chi connectivity index (χ1) is 11.6. The molecular formula is C20H36N2O2+2. The van der Waals surface area contributed by atoms with Gasteiger partial charge in [0, 0.05) is 12.0 Å². The van der Waals surface area contributed by atoms with Crippen LogP contribution in [0.15, 0.2) is 0 Å². The summed E-state index contributed by atoms with van der Waals surface area (Å²) in [6.07, 6.45) is 6.36. The van der Waals surface area contributed by atoms with Crippen LogP contribution < -0.4 is 9.80 Å². The molecule has 0 radical (unpaired) electrons. The third-order valence-electron chi connectivity index (χ3n) is 6.44. The molecule has 3 atom stereocenters.